The lowest BCUT2D eigenvalue weighted by atomic mass is 9.89. The van der Waals surface area contributed by atoms with Crippen molar-refractivity contribution in [2.75, 3.05) is 13.1 Å². The summed E-state index contributed by atoms with van der Waals surface area (Å²) in [6, 6.07) is 17.8. The fraction of sp³-hybridized carbons (Fsp3) is 0.393. The monoisotopic (exact) mass is 444 g/mol. The summed E-state index contributed by atoms with van der Waals surface area (Å²) in [6.45, 7) is 5.68. The molecule has 0 radical (unpaired) electrons. The van der Waals surface area contributed by atoms with E-state index in [1.54, 1.807) is 6.20 Å². The number of hydrogen-bond donors (Lipinski definition) is 0. The van der Waals surface area contributed by atoms with Gasteiger partial charge in [-0.15, -0.1) is 0 Å². The quantitative estimate of drug-likeness (QED) is 0.425. The number of likely N-dealkylation sites (tertiary alicyclic amines) is 1. The van der Waals surface area contributed by atoms with Gasteiger partial charge in [-0.05, 0) is 30.7 Å². The fourth-order valence-corrected chi connectivity index (χ4v) is 4.44. The highest BCUT2D eigenvalue weighted by Crippen LogP contribution is 2.24. The summed E-state index contributed by atoms with van der Waals surface area (Å²) in [7, 11) is 0. The average Bonchev–Trinajstić information content (AvgIpc) is 3.32. The van der Waals surface area contributed by atoms with E-state index in [-0.39, 0.29) is 17.6 Å². The van der Waals surface area contributed by atoms with Gasteiger partial charge in [0.25, 0.3) is 0 Å². The Bertz CT molecular complexity index is 1060. The zero-order chi connectivity index (χ0) is 23.2. The number of oxazole rings is 1. The van der Waals surface area contributed by atoms with Crippen molar-refractivity contribution in [3.05, 3.63) is 77.8 Å². The molecule has 4 rings (SSSR count). The average molecular weight is 445 g/mol. The SMILES string of the molecule is CC(C)Cc1ccc(-c2cnc(CCC(=O)N3CCC(C(=O)c4ccccc4)CC3)o2)cc1. The summed E-state index contributed by atoms with van der Waals surface area (Å²) in [5.41, 5.74) is 3.07. The van der Waals surface area contributed by atoms with Crippen LogP contribution in [0.2, 0.25) is 0 Å². The summed E-state index contributed by atoms with van der Waals surface area (Å²) in [5.74, 6) is 2.22. The third-order valence-corrected chi connectivity index (χ3v) is 6.27. The van der Waals surface area contributed by atoms with Crippen molar-refractivity contribution in [2.24, 2.45) is 11.8 Å². The lowest BCUT2D eigenvalue weighted by Crippen LogP contribution is -2.40. The molecular weight excluding hydrogens is 412 g/mol. The molecule has 5 nitrogen and oxygen atoms in total. The molecule has 1 fully saturated rings. The van der Waals surface area contributed by atoms with Gasteiger partial charge in [-0.3, -0.25) is 9.59 Å². The highest BCUT2D eigenvalue weighted by molar-refractivity contribution is 5.98. The zero-order valence-electron chi connectivity index (χ0n) is 19.5. The number of aromatic nitrogens is 1. The van der Waals surface area contributed by atoms with Gasteiger partial charge in [0.1, 0.15) is 0 Å². The van der Waals surface area contributed by atoms with Gasteiger partial charge in [0, 0.05) is 43.0 Å². The van der Waals surface area contributed by atoms with Gasteiger partial charge in [0.15, 0.2) is 17.4 Å². The Labute approximate surface area is 195 Å². The minimum absolute atomic E-state index is 0.00215. The van der Waals surface area contributed by atoms with Crippen LogP contribution in [0.25, 0.3) is 11.3 Å². The Morgan fingerprint density at radius 3 is 2.39 bits per heavy atom. The molecule has 2 aromatic carbocycles. The third kappa shape index (κ3) is 5.98. The first kappa shape index (κ1) is 23.0. The number of nitrogens with zero attached hydrogens (tertiary/aromatic N) is 2. The number of Topliss-reactive ketones (excluding diaryl/α,β-unsaturated/α-hetero) is 1. The Kier molecular flexibility index (Phi) is 7.38. The number of benzene rings is 2. The largest absolute Gasteiger partial charge is 0.441 e. The first-order valence-corrected chi connectivity index (χ1v) is 11.9. The maximum Gasteiger partial charge on any atom is 0.223 e. The first-order valence-electron chi connectivity index (χ1n) is 11.9. The summed E-state index contributed by atoms with van der Waals surface area (Å²) in [6.07, 6.45) is 5.07. The van der Waals surface area contributed by atoms with Crippen molar-refractivity contribution in [2.45, 2.75) is 46.0 Å². The Balaban J connectivity index is 1.25. The molecule has 172 valence electrons. The van der Waals surface area contributed by atoms with Crippen LogP contribution in [0, 0.1) is 11.8 Å². The van der Waals surface area contributed by atoms with Crippen LogP contribution in [0.5, 0.6) is 0 Å². The van der Waals surface area contributed by atoms with E-state index in [4.69, 9.17) is 4.42 Å². The molecule has 1 saturated heterocycles. The van der Waals surface area contributed by atoms with Crippen LogP contribution in [0.15, 0.2) is 65.2 Å². The summed E-state index contributed by atoms with van der Waals surface area (Å²) in [5, 5.41) is 0. The van der Waals surface area contributed by atoms with Crippen LogP contribution < -0.4 is 0 Å². The summed E-state index contributed by atoms with van der Waals surface area (Å²) < 4.78 is 5.90. The minimum atomic E-state index is -0.00215. The van der Waals surface area contributed by atoms with E-state index in [1.165, 1.54) is 5.56 Å². The molecule has 0 unspecified atom stereocenters. The highest BCUT2D eigenvalue weighted by atomic mass is 16.4. The van der Waals surface area contributed by atoms with E-state index in [1.807, 2.05) is 35.2 Å². The molecule has 3 aromatic rings. The first-order chi connectivity index (χ1) is 16.0. The van der Waals surface area contributed by atoms with Gasteiger partial charge in [-0.25, -0.2) is 4.98 Å². The topological polar surface area (TPSA) is 63.4 Å². The van der Waals surface area contributed by atoms with Gasteiger partial charge < -0.3 is 9.32 Å². The molecule has 33 heavy (non-hydrogen) atoms. The number of rotatable bonds is 8. The number of carbonyl (C=O) groups excluding carboxylic acids is 2. The van der Waals surface area contributed by atoms with Crippen LogP contribution in [-0.2, 0) is 17.6 Å². The van der Waals surface area contributed by atoms with Gasteiger partial charge in [-0.1, -0.05) is 68.4 Å². The zero-order valence-corrected chi connectivity index (χ0v) is 19.5. The number of hydrogen-bond acceptors (Lipinski definition) is 4. The predicted molar refractivity (Wildman–Crippen MR) is 129 cm³/mol. The Morgan fingerprint density at radius 1 is 1.03 bits per heavy atom. The summed E-state index contributed by atoms with van der Waals surface area (Å²) in [4.78, 5) is 31.6. The number of amides is 1. The highest BCUT2D eigenvalue weighted by Gasteiger charge is 2.27. The van der Waals surface area contributed by atoms with Gasteiger partial charge in [-0.2, -0.15) is 0 Å². The molecule has 1 aromatic heterocycles. The van der Waals surface area contributed by atoms with Gasteiger partial charge in [0.05, 0.1) is 6.20 Å². The van der Waals surface area contributed by atoms with Crippen molar-refractivity contribution >= 4 is 11.7 Å². The standard InChI is InChI=1S/C28H32N2O3/c1-20(2)18-21-8-10-22(11-9-21)25-19-29-26(33-25)12-13-27(31)30-16-14-24(15-17-30)28(32)23-6-4-3-5-7-23/h3-11,19-20,24H,12-18H2,1-2H3. The maximum absolute atomic E-state index is 12.7. The van der Waals surface area contributed by atoms with Crippen LogP contribution in [0.4, 0.5) is 0 Å². The smallest absolute Gasteiger partial charge is 0.223 e. The molecule has 0 saturated carbocycles. The van der Waals surface area contributed by atoms with E-state index >= 15 is 0 Å². The number of ketones is 1. The maximum atomic E-state index is 12.7. The second-order valence-corrected chi connectivity index (χ2v) is 9.30. The molecular formula is C28H32N2O3. The summed E-state index contributed by atoms with van der Waals surface area (Å²) >= 11 is 0. The second kappa shape index (κ2) is 10.6. The number of piperidine rings is 1. The van der Waals surface area contributed by atoms with Crippen LogP contribution in [0.1, 0.15) is 54.9 Å². The predicted octanol–water partition coefficient (Wildman–Crippen LogP) is 5.59. The third-order valence-electron chi connectivity index (χ3n) is 6.27. The molecule has 0 bridgehead atoms. The van der Waals surface area contributed by atoms with Gasteiger partial charge >= 0.3 is 0 Å². The van der Waals surface area contributed by atoms with E-state index in [0.717, 1.165) is 36.1 Å². The van der Waals surface area contributed by atoms with Crippen LogP contribution >= 0.6 is 0 Å². The molecule has 0 atom stereocenters. The van der Waals surface area contributed by atoms with Crippen LogP contribution in [0.3, 0.4) is 0 Å². The Morgan fingerprint density at radius 2 is 1.73 bits per heavy atom. The number of carbonyl (C=O) groups is 2. The van der Waals surface area contributed by atoms with Gasteiger partial charge in [0.2, 0.25) is 5.91 Å². The molecule has 0 spiro atoms. The lowest BCUT2D eigenvalue weighted by Gasteiger charge is -2.31. The second-order valence-electron chi connectivity index (χ2n) is 9.30. The molecule has 1 amide bonds. The molecule has 2 heterocycles. The molecule has 1 aliphatic rings. The minimum Gasteiger partial charge on any atom is -0.441 e. The normalized spacial score (nSPS) is 14.6. The van der Waals surface area contributed by atoms with Crippen molar-refractivity contribution in [1.29, 1.82) is 0 Å². The van der Waals surface area contributed by atoms with Crippen molar-refractivity contribution in [3.63, 3.8) is 0 Å². The van der Waals surface area contributed by atoms with E-state index < -0.39 is 0 Å². The van der Waals surface area contributed by atoms with E-state index in [9.17, 15) is 9.59 Å². The molecule has 5 heteroatoms. The fourth-order valence-electron chi connectivity index (χ4n) is 4.44. The molecule has 1 aliphatic heterocycles. The van der Waals surface area contributed by atoms with Crippen LogP contribution in [-0.4, -0.2) is 34.7 Å². The van der Waals surface area contributed by atoms with Crippen molar-refractivity contribution in [1.82, 2.24) is 9.88 Å². The Hall–Kier alpha value is -3.21. The lowest BCUT2D eigenvalue weighted by molar-refractivity contribution is -0.132. The van der Waals surface area contributed by atoms with E-state index in [2.05, 4.69) is 43.1 Å². The van der Waals surface area contributed by atoms with Crippen molar-refractivity contribution in [3.8, 4) is 11.3 Å². The molecule has 0 aliphatic carbocycles. The van der Waals surface area contributed by atoms with E-state index in [0.29, 0.717) is 37.7 Å². The molecule has 0 N–H and O–H groups in total. The number of aryl methyl sites for hydroxylation is 1. The van der Waals surface area contributed by atoms with Crippen molar-refractivity contribution < 1.29 is 14.0 Å².